The summed E-state index contributed by atoms with van der Waals surface area (Å²) in [6.07, 6.45) is 1.52. The molecule has 7 heteroatoms. The lowest BCUT2D eigenvalue weighted by Crippen LogP contribution is -2.14. The van der Waals surface area contributed by atoms with Gasteiger partial charge in [-0.3, -0.25) is 4.79 Å². The summed E-state index contributed by atoms with van der Waals surface area (Å²) >= 11 is 3.70. The van der Waals surface area contributed by atoms with Crippen molar-refractivity contribution in [3.63, 3.8) is 0 Å². The zero-order chi connectivity index (χ0) is 14.5. The van der Waals surface area contributed by atoms with Crippen LogP contribution in [0.15, 0.2) is 52.0 Å². The number of carbonyl (C=O) groups excluding carboxylic acids is 1. The summed E-state index contributed by atoms with van der Waals surface area (Å²) in [5, 5.41) is 2.65. The average molecular weight is 359 g/mol. The third kappa shape index (κ3) is 4.01. The Kier molecular flexibility index (Phi) is 5.08. The largest absolute Gasteiger partial charge is 0.321 e. The molecule has 0 atom stereocenters. The summed E-state index contributed by atoms with van der Waals surface area (Å²) in [4.78, 5) is 16.4. The number of aromatic nitrogens is 1. The molecule has 1 aromatic heterocycles. The molecule has 1 N–H and O–H groups in total. The van der Waals surface area contributed by atoms with Crippen LogP contribution in [-0.4, -0.2) is 16.6 Å². The minimum atomic E-state index is -2.46. The normalized spacial score (nSPS) is 10.6. The van der Waals surface area contributed by atoms with Crippen molar-refractivity contribution in [1.29, 1.82) is 0 Å². The van der Waals surface area contributed by atoms with Gasteiger partial charge in [-0.25, -0.2) is 4.98 Å². The van der Waals surface area contributed by atoms with E-state index in [-0.39, 0.29) is 11.6 Å². The van der Waals surface area contributed by atoms with E-state index in [4.69, 9.17) is 0 Å². The molecule has 3 nitrogen and oxygen atoms in total. The second-order valence-corrected chi connectivity index (χ2v) is 5.61. The highest BCUT2D eigenvalue weighted by atomic mass is 79.9. The second kappa shape index (κ2) is 6.81. The SMILES string of the molecule is O=C(Nc1ccc(SC(F)F)cc1)c1ncccc1Br. The first-order chi connectivity index (χ1) is 9.56. The summed E-state index contributed by atoms with van der Waals surface area (Å²) < 4.78 is 24.9. The molecule has 0 unspecified atom stereocenters. The van der Waals surface area contributed by atoms with E-state index in [9.17, 15) is 13.6 Å². The van der Waals surface area contributed by atoms with Crippen LogP contribution in [0.3, 0.4) is 0 Å². The fourth-order valence-corrected chi connectivity index (χ4v) is 2.40. The molecule has 2 aromatic rings. The molecule has 1 amide bonds. The maximum absolute atomic E-state index is 12.2. The molecule has 1 aromatic carbocycles. The van der Waals surface area contributed by atoms with Crippen LogP contribution in [-0.2, 0) is 0 Å². The molecule has 104 valence electrons. The highest BCUT2D eigenvalue weighted by molar-refractivity contribution is 9.10. The van der Waals surface area contributed by atoms with Gasteiger partial charge < -0.3 is 5.32 Å². The summed E-state index contributed by atoms with van der Waals surface area (Å²) in [6, 6.07) is 9.61. The molecule has 20 heavy (non-hydrogen) atoms. The number of rotatable bonds is 4. The van der Waals surface area contributed by atoms with E-state index in [1.54, 1.807) is 24.3 Å². The Balaban J connectivity index is 2.07. The molecule has 0 radical (unpaired) electrons. The number of amides is 1. The van der Waals surface area contributed by atoms with Crippen molar-refractivity contribution in [2.24, 2.45) is 0 Å². The van der Waals surface area contributed by atoms with Gasteiger partial charge in [-0.1, -0.05) is 11.8 Å². The summed E-state index contributed by atoms with van der Waals surface area (Å²) in [7, 11) is 0. The number of thioether (sulfide) groups is 1. The third-order valence-electron chi connectivity index (χ3n) is 2.31. The van der Waals surface area contributed by atoms with Crippen LogP contribution < -0.4 is 5.32 Å². The predicted molar refractivity (Wildman–Crippen MR) is 78.2 cm³/mol. The van der Waals surface area contributed by atoms with E-state index in [0.29, 0.717) is 26.8 Å². The van der Waals surface area contributed by atoms with Gasteiger partial charge in [0.1, 0.15) is 5.69 Å². The maximum atomic E-state index is 12.2. The van der Waals surface area contributed by atoms with E-state index in [0.717, 1.165) is 0 Å². The zero-order valence-electron chi connectivity index (χ0n) is 10.0. The Hall–Kier alpha value is -1.47. The maximum Gasteiger partial charge on any atom is 0.288 e. The summed E-state index contributed by atoms with van der Waals surface area (Å²) in [5.74, 6) is -2.83. The number of hydrogen-bond acceptors (Lipinski definition) is 3. The van der Waals surface area contributed by atoms with Crippen molar-refractivity contribution in [3.8, 4) is 0 Å². The molecule has 0 saturated carbocycles. The molecule has 1 heterocycles. The average Bonchev–Trinajstić information content (AvgIpc) is 2.41. The van der Waals surface area contributed by atoms with Crippen LogP contribution in [0.2, 0.25) is 0 Å². The van der Waals surface area contributed by atoms with Crippen LogP contribution in [0.1, 0.15) is 10.5 Å². The van der Waals surface area contributed by atoms with Crippen molar-refractivity contribution in [2.45, 2.75) is 10.7 Å². The fourth-order valence-electron chi connectivity index (χ4n) is 1.46. The Bertz CT molecular complexity index is 608. The fraction of sp³-hybridized carbons (Fsp3) is 0.0769. The Morgan fingerprint density at radius 2 is 1.95 bits per heavy atom. The number of anilines is 1. The Morgan fingerprint density at radius 1 is 1.25 bits per heavy atom. The number of benzene rings is 1. The number of carbonyl (C=O) groups is 1. The highest BCUT2D eigenvalue weighted by Crippen LogP contribution is 2.26. The number of pyridine rings is 1. The first-order valence-corrected chi connectivity index (χ1v) is 7.20. The van der Waals surface area contributed by atoms with Crippen molar-refractivity contribution < 1.29 is 13.6 Å². The van der Waals surface area contributed by atoms with Crippen molar-refractivity contribution in [3.05, 3.63) is 52.8 Å². The van der Waals surface area contributed by atoms with E-state index >= 15 is 0 Å². The van der Waals surface area contributed by atoms with Gasteiger partial charge in [-0.05, 0) is 52.3 Å². The van der Waals surface area contributed by atoms with Crippen LogP contribution in [0.4, 0.5) is 14.5 Å². The first kappa shape index (κ1) is 14.9. The number of hydrogen-bond donors (Lipinski definition) is 1. The number of nitrogens with one attached hydrogen (secondary N) is 1. The smallest absolute Gasteiger partial charge is 0.288 e. The van der Waals surface area contributed by atoms with Gasteiger partial charge in [0, 0.05) is 21.3 Å². The van der Waals surface area contributed by atoms with E-state index in [1.165, 1.54) is 18.3 Å². The van der Waals surface area contributed by atoms with Crippen LogP contribution in [0, 0.1) is 0 Å². The quantitative estimate of drug-likeness (QED) is 0.823. The lowest BCUT2D eigenvalue weighted by molar-refractivity contribution is 0.102. The monoisotopic (exact) mass is 358 g/mol. The van der Waals surface area contributed by atoms with Crippen LogP contribution >= 0.6 is 27.7 Å². The van der Waals surface area contributed by atoms with Crippen LogP contribution in [0.5, 0.6) is 0 Å². The first-order valence-electron chi connectivity index (χ1n) is 5.53. The Labute approximate surface area is 126 Å². The van der Waals surface area contributed by atoms with E-state index in [1.807, 2.05) is 0 Å². The van der Waals surface area contributed by atoms with Gasteiger partial charge in [-0.2, -0.15) is 8.78 Å². The third-order valence-corrected chi connectivity index (χ3v) is 3.67. The molecule has 0 aliphatic heterocycles. The minimum Gasteiger partial charge on any atom is -0.321 e. The number of nitrogens with zero attached hydrogens (tertiary/aromatic N) is 1. The molecule has 0 spiro atoms. The van der Waals surface area contributed by atoms with E-state index < -0.39 is 5.76 Å². The Morgan fingerprint density at radius 3 is 2.55 bits per heavy atom. The standard InChI is InChI=1S/C13H9BrF2N2OS/c14-10-2-1-7-17-11(10)12(19)18-8-3-5-9(6-4-8)20-13(15)16/h1-7,13H,(H,18,19). The molecular weight excluding hydrogens is 350 g/mol. The van der Waals surface area contributed by atoms with Gasteiger partial charge in [0.15, 0.2) is 0 Å². The molecule has 0 aliphatic carbocycles. The van der Waals surface area contributed by atoms with Gasteiger partial charge in [0.05, 0.1) is 0 Å². The summed E-state index contributed by atoms with van der Waals surface area (Å²) in [6.45, 7) is 0. The topological polar surface area (TPSA) is 42.0 Å². The minimum absolute atomic E-state index is 0.263. The molecular formula is C13H9BrF2N2OS. The highest BCUT2D eigenvalue weighted by Gasteiger charge is 2.11. The van der Waals surface area contributed by atoms with Crippen molar-refractivity contribution >= 4 is 39.3 Å². The van der Waals surface area contributed by atoms with Gasteiger partial charge in [0.25, 0.3) is 11.7 Å². The van der Waals surface area contributed by atoms with Gasteiger partial charge in [0.2, 0.25) is 0 Å². The molecule has 0 bridgehead atoms. The molecule has 0 fully saturated rings. The number of alkyl halides is 2. The van der Waals surface area contributed by atoms with Crippen LogP contribution in [0.25, 0.3) is 0 Å². The number of halogens is 3. The van der Waals surface area contributed by atoms with Gasteiger partial charge in [-0.15, -0.1) is 0 Å². The molecule has 2 rings (SSSR count). The predicted octanol–water partition coefficient (Wildman–Crippen LogP) is 4.41. The lowest BCUT2D eigenvalue weighted by atomic mass is 10.3. The zero-order valence-corrected chi connectivity index (χ0v) is 12.4. The summed E-state index contributed by atoms with van der Waals surface area (Å²) in [5.41, 5.74) is 0.782. The van der Waals surface area contributed by atoms with Crippen molar-refractivity contribution in [1.82, 2.24) is 4.98 Å². The van der Waals surface area contributed by atoms with Gasteiger partial charge >= 0.3 is 0 Å². The molecule has 0 aliphatic rings. The lowest BCUT2D eigenvalue weighted by Gasteiger charge is -2.07. The van der Waals surface area contributed by atoms with Crippen molar-refractivity contribution in [2.75, 3.05) is 5.32 Å². The van der Waals surface area contributed by atoms with E-state index in [2.05, 4.69) is 26.2 Å². The second-order valence-electron chi connectivity index (χ2n) is 3.69. The molecule has 0 saturated heterocycles.